The van der Waals surface area contributed by atoms with Gasteiger partial charge in [-0.2, -0.15) is 12.6 Å². The molecule has 1 aromatic carbocycles. The van der Waals surface area contributed by atoms with Gasteiger partial charge in [-0.1, -0.05) is 18.2 Å². The van der Waals surface area contributed by atoms with Crippen molar-refractivity contribution in [3.8, 4) is 5.75 Å². The number of hydrogen-bond acceptors (Lipinski definition) is 4. The molecule has 18 heavy (non-hydrogen) atoms. The fourth-order valence-electron chi connectivity index (χ4n) is 1.64. The van der Waals surface area contributed by atoms with E-state index in [9.17, 15) is 9.59 Å². The molecule has 1 fully saturated rings. The maximum absolute atomic E-state index is 11.6. The molecule has 2 amide bonds. The average molecular weight is 266 g/mol. The molecule has 2 rings (SSSR count). The van der Waals surface area contributed by atoms with Crippen LogP contribution < -0.4 is 15.4 Å². The van der Waals surface area contributed by atoms with Gasteiger partial charge in [-0.05, 0) is 12.1 Å². The van der Waals surface area contributed by atoms with Gasteiger partial charge >= 0.3 is 0 Å². The number of rotatable bonds is 5. The van der Waals surface area contributed by atoms with Crippen LogP contribution in [0.3, 0.4) is 0 Å². The second kappa shape index (κ2) is 5.77. The topological polar surface area (TPSA) is 67.4 Å². The number of β-lactam (4-membered cyclic amide) rings is 1. The van der Waals surface area contributed by atoms with E-state index in [2.05, 4.69) is 23.3 Å². The quantitative estimate of drug-likeness (QED) is 0.518. The van der Waals surface area contributed by atoms with Crippen molar-refractivity contribution >= 4 is 24.4 Å². The first-order valence-corrected chi connectivity index (χ1v) is 6.22. The summed E-state index contributed by atoms with van der Waals surface area (Å²) in [5.41, 5.74) is 0. The summed E-state index contributed by atoms with van der Waals surface area (Å²) in [5, 5.41) is 5.26. The predicted octanol–water partition coefficient (Wildman–Crippen LogP) is -0.0216. The minimum Gasteiger partial charge on any atom is -0.484 e. The number of carbonyl (C=O) groups is 2. The zero-order valence-corrected chi connectivity index (χ0v) is 10.5. The fourth-order valence-corrected chi connectivity index (χ4v) is 1.94. The van der Waals surface area contributed by atoms with Gasteiger partial charge in [0.15, 0.2) is 6.61 Å². The molecule has 0 aromatic heterocycles. The Hall–Kier alpha value is -1.69. The number of para-hydroxylation sites is 1. The van der Waals surface area contributed by atoms with Crippen molar-refractivity contribution in [1.82, 2.24) is 10.6 Å². The smallest absolute Gasteiger partial charge is 0.258 e. The molecule has 5 nitrogen and oxygen atoms in total. The van der Waals surface area contributed by atoms with E-state index >= 15 is 0 Å². The van der Waals surface area contributed by atoms with Crippen LogP contribution in [0.25, 0.3) is 0 Å². The molecule has 6 heteroatoms. The molecule has 0 unspecified atom stereocenters. The minimum absolute atomic E-state index is 0.0958. The lowest BCUT2D eigenvalue weighted by atomic mass is 10.0. The van der Waals surface area contributed by atoms with Crippen LogP contribution in [0.5, 0.6) is 5.75 Å². The molecule has 96 valence electrons. The fraction of sp³-hybridized carbons (Fsp3) is 0.333. The normalized spacial score (nSPS) is 21.7. The van der Waals surface area contributed by atoms with E-state index in [1.54, 1.807) is 12.1 Å². The van der Waals surface area contributed by atoms with Crippen molar-refractivity contribution in [2.45, 2.75) is 12.1 Å². The van der Waals surface area contributed by atoms with Crippen LogP contribution in [0.2, 0.25) is 0 Å². The maximum atomic E-state index is 11.6. The number of amides is 2. The van der Waals surface area contributed by atoms with Crippen LogP contribution >= 0.6 is 12.6 Å². The van der Waals surface area contributed by atoms with E-state index in [0.717, 1.165) is 0 Å². The summed E-state index contributed by atoms with van der Waals surface area (Å²) in [6.45, 7) is -0.104. The van der Waals surface area contributed by atoms with Crippen LogP contribution in [0, 0.1) is 0 Å². The minimum atomic E-state index is -0.491. The van der Waals surface area contributed by atoms with Gasteiger partial charge in [0.2, 0.25) is 5.91 Å². The molecule has 0 spiro atoms. The van der Waals surface area contributed by atoms with Crippen molar-refractivity contribution in [2.75, 3.05) is 12.4 Å². The summed E-state index contributed by atoms with van der Waals surface area (Å²) in [6.07, 6.45) is 0. The van der Waals surface area contributed by atoms with Gasteiger partial charge in [0.25, 0.3) is 5.91 Å². The van der Waals surface area contributed by atoms with Crippen molar-refractivity contribution in [3.05, 3.63) is 30.3 Å². The number of hydrogen-bond donors (Lipinski definition) is 3. The first-order valence-electron chi connectivity index (χ1n) is 5.59. The van der Waals surface area contributed by atoms with E-state index in [1.165, 1.54) is 0 Å². The molecule has 0 saturated carbocycles. The van der Waals surface area contributed by atoms with E-state index < -0.39 is 6.04 Å². The number of thiol groups is 1. The summed E-state index contributed by atoms with van der Waals surface area (Å²) >= 11 is 4.08. The van der Waals surface area contributed by atoms with Crippen LogP contribution in [-0.2, 0) is 9.59 Å². The van der Waals surface area contributed by atoms with Gasteiger partial charge in [-0.25, -0.2) is 0 Å². The molecule has 1 aliphatic rings. The highest BCUT2D eigenvalue weighted by atomic mass is 32.1. The Morgan fingerprint density at radius 2 is 2.11 bits per heavy atom. The van der Waals surface area contributed by atoms with E-state index in [1.807, 2.05) is 18.2 Å². The highest BCUT2D eigenvalue weighted by molar-refractivity contribution is 7.80. The Bertz CT molecular complexity index is 438. The highest BCUT2D eigenvalue weighted by Crippen LogP contribution is 2.09. The van der Waals surface area contributed by atoms with Gasteiger partial charge in [-0.15, -0.1) is 0 Å². The van der Waals surface area contributed by atoms with Crippen molar-refractivity contribution in [2.24, 2.45) is 0 Å². The van der Waals surface area contributed by atoms with Crippen LogP contribution in [-0.4, -0.2) is 36.3 Å². The molecule has 1 aliphatic heterocycles. The van der Waals surface area contributed by atoms with E-state index in [4.69, 9.17) is 4.74 Å². The van der Waals surface area contributed by atoms with E-state index in [-0.39, 0.29) is 24.5 Å². The van der Waals surface area contributed by atoms with Crippen LogP contribution in [0.15, 0.2) is 30.3 Å². The lowest BCUT2D eigenvalue weighted by molar-refractivity contribution is -0.136. The van der Waals surface area contributed by atoms with Gasteiger partial charge in [-0.3, -0.25) is 9.59 Å². The molecule has 1 saturated heterocycles. The first-order chi connectivity index (χ1) is 8.70. The Morgan fingerprint density at radius 3 is 2.72 bits per heavy atom. The number of benzene rings is 1. The van der Waals surface area contributed by atoms with Gasteiger partial charge in [0.1, 0.15) is 11.8 Å². The average Bonchev–Trinajstić information content (AvgIpc) is 2.41. The third-order valence-corrected chi connectivity index (χ3v) is 3.03. The summed E-state index contributed by atoms with van der Waals surface area (Å²) in [4.78, 5) is 22.8. The molecule has 0 aliphatic carbocycles. The second-order valence-electron chi connectivity index (χ2n) is 3.94. The summed E-state index contributed by atoms with van der Waals surface area (Å²) < 4.78 is 5.28. The maximum Gasteiger partial charge on any atom is 0.258 e. The summed E-state index contributed by atoms with van der Waals surface area (Å²) in [5.74, 6) is 0.625. The molecular formula is C12H14N2O3S. The lowest BCUT2D eigenvalue weighted by Crippen LogP contribution is -2.70. The molecule has 2 N–H and O–H groups in total. The van der Waals surface area contributed by atoms with Gasteiger partial charge in [0, 0.05) is 5.75 Å². The Kier molecular flexibility index (Phi) is 4.09. The third-order valence-electron chi connectivity index (χ3n) is 2.64. The van der Waals surface area contributed by atoms with Gasteiger partial charge in [0.05, 0.1) is 6.04 Å². The zero-order chi connectivity index (χ0) is 13.0. The SMILES string of the molecule is O=C(COc1ccccc1)N[C@@H]1C(=O)N[C@@H]1CS. The summed E-state index contributed by atoms with van der Waals surface area (Å²) in [7, 11) is 0. The molecular weight excluding hydrogens is 252 g/mol. The zero-order valence-electron chi connectivity index (χ0n) is 9.63. The predicted molar refractivity (Wildman–Crippen MR) is 69.7 cm³/mol. The molecule has 0 radical (unpaired) electrons. The largest absolute Gasteiger partial charge is 0.484 e. The molecule has 1 aromatic rings. The van der Waals surface area contributed by atoms with Crippen molar-refractivity contribution in [1.29, 1.82) is 0 Å². The van der Waals surface area contributed by atoms with Crippen molar-refractivity contribution < 1.29 is 14.3 Å². The molecule has 0 bridgehead atoms. The second-order valence-corrected chi connectivity index (χ2v) is 4.31. The lowest BCUT2D eigenvalue weighted by Gasteiger charge is -2.36. The highest BCUT2D eigenvalue weighted by Gasteiger charge is 2.39. The molecule has 1 heterocycles. The van der Waals surface area contributed by atoms with Crippen LogP contribution in [0.1, 0.15) is 0 Å². The third kappa shape index (κ3) is 2.95. The van der Waals surface area contributed by atoms with Crippen molar-refractivity contribution in [3.63, 3.8) is 0 Å². The Balaban J connectivity index is 1.77. The number of ether oxygens (including phenoxy) is 1. The van der Waals surface area contributed by atoms with Crippen LogP contribution in [0.4, 0.5) is 0 Å². The Labute approximate surface area is 110 Å². The summed E-state index contributed by atoms with van der Waals surface area (Å²) in [6, 6.07) is 8.45. The van der Waals surface area contributed by atoms with E-state index in [0.29, 0.717) is 11.5 Å². The number of carbonyl (C=O) groups excluding carboxylic acids is 2. The molecule has 2 atom stereocenters. The van der Waals surface area contributed by atoms with Gasteiger partial charge < -0.3 is 15.4 Å². The Morgan fingerprint density at radius 1 is 1.39 bits per heavy atom. The monoisotopic (exact) mass is 266 g/mol. The standard InChI is InChI=1S/C12H14N2O3S/c15-10(6-17-8-4-2-1-3-5-8)14-11-9(7-18)13-12(11)16/h1-5,9,11,18H,6-7H2,(H,13,16)(H,14,15)/t9-,11+/m1/s1. The number of nitrogens with one attached hydrogen (secondary N) is 2. The first kappa shape index (κ1) is 12.8.